The number of carbonyl (C=O) groups excluding carboxylic acids is 1. The van der Waals surface area contributed by atoms with Crippen LogP contribution in [0.1, 0.15) is 80.2 Å². The molecule has 198 valence electrons. The van der Waals surface area contributed by atoms with E-state index < -0.39 is 0 Å². The highest BCUT2D eigenvalue weighted by Gasteiger charge is 2.59. The SMILES string of the molecule is CC12CCC(C1)C(C)(C)C2NC(=O)c1nn(-c2ccc(Cl)cc2Cl)c2c1CCC/C2=C\c1ccc(Cl)cc1. The Bertz CT molecular complexity index is 1450. The van der Waals surface area contributed by atoms with E-state index in [9.17, 15) is 4.79 Å². The van der Waals surface area contributed by atoms with E-state index in [1.807, 2.05) is 35.0 Å². The molecule has 3 atom stereocenters. The lowest BCUT2D eigenvalue weighted by molar-refractivity contribution is 0.0732. The minimum Gasteiger partial charge on any atom is -0.347 e. The predicted octanol–water partition coefficient (Wildman–Crippen LogP) is 8.65. The topological polar surface area (TPSA) is 46.9 Å². The summed E-state index contributed by atoms with van der Waals surface area (Å²) in [6, 6.07) is 13.3. The van der Waals surface area contributed by atoms with Crippen LogP contribution in [0.3, 0.4) is 0 Å². The van der Waals surface area contributed by atoms with Gasteiger partial charge in [-0.1, -0.05) is 67.7 Å². The number of carbonyl (C=O) groups is 1. The van der Waals surface area contributed by atoms with E-state index in [-0.39, 0.29) is 22.8 Å². The number of fused-ring (bicyclic) bond motifs is 3. The standard InChI is InChI=1S/C31H32Cl3N3O/c1-30(2)20-13-14-31(3,17-20)29(30)35-28(38)26-23-6-4-5-19(15-18-7-9-21(32)10-8-18)27(23)37(36-26)25-12-11-22(33)16-24(25)34/h7-12,15-16,20,29H,4-6,13-14,17H2,1-3H3,(H,35,38)/b19-15+. The zero-order chi connectivity index (χ0) is 26.8. The molecule has 0 spiro atoms. The summed E-state index contributed by atoms with van der Waals surface area (Å²) in [7, 11) is 0. The number of rotatable bonds is 4. The molecule has 1 N–H and O–H groups in total. The summed E-state index contributed by atoms with van der Waals surface area (Å²) in [5, 5.41) is 10.2. The van der Waals surface area contributed by atoms with Gasteiger partial charge in [-0.05, 0) is 103 Å². The Labute approximate surface area is 239 Å². The summed E-state index contributed by atoms with van der Waals surface area (Å²) >= 11 is 19.0. The van der Waals surface area contributed by atoms with Crippen LogP contribution in [0.2, 0.25) is 15.1 Å². The molecular weight excluding hydrogens is 537 g/mol. The number of amides is 1. The fourth-order valence-electron chi connectivity index (χ4n) is 7.36. The van der Waals surface area contributed by atoms with E-state index in [4.69, 9.17) is 39.9 Å². The molecule has 3 unspecified atom stereocenters. The van der Waals surface area contributed by atoms with E-state index in [0.717, 1.165) is 48.1 Å². The van der Waals surface area contributed by atoms with Gasteiger partial charge in [-0.15, -0.1) is 0 Å². The zero-order valence-electron chi connectivity index (χ0n) is 22.0. The van der Waals surface area contributed by atoms with Crippen LogP contribution in [-0.2, 0) is 6.42 Å². The number of nitrogens with zero attached hydrogens (tertiary/aromatic N) is 2. The number of benzene rings is 2. The van der Waals surface area contributed by atoms with Gasteiger partial charge in [0.1, 0.15) is 0 Å². The van der Waals surface area contributed by atoms with Crippen LogP contribution in [0.15, 0.2) is 42.5 Å². The first-order chi connectivity index (χ1) is 18.1. The molecule has 1 heterocycles. The summed E-state index contributed by atoms with van der Waals surface area (Å²) in [6.07, 6.45) is 8.35. The number of nitrogens with one attached hydrogen (secondary N) is 1. The van der Waals surface area contributed by atoms with Crippen molar-refractivity contribution in [2.24, 2.45) is 16.7 Å². The second-order valence-corrected chi connectivity index (χ2v) is 13.4. The van der Waals surface area contributed by atoms with Gasteiger partial charge in [-0.25, -0.2) is 4.68 Å². The molecule has 3 aliphatic rings. The normalized spacial score (nSPS) is 26.5. The van der Waals surface area contributed by atoms with Gasteiger partial charge < -0.3 is 5.32 Å². The van der Waals surface area contributed by atoms with Gasteiger partial charge in [-0.2, -0.15) is 5.10 Å². The van der Waals surface area contributed by atoms with Crippen molar-refractivity contribution in [3.8, 4) is 5.69 Å². The Kier molecular flexibility index (Phi) is 6.45. The largest absolute Gasteiger partial charge is 0.347 e. The van der Waals surface area contributed by atoms with Crippen molar-refractivity contribution in [2.75, 3.05) is 0 Å². The first kappa shape index (κ1) is 26.0. The van der Waals surface area contributed by atoms with Crippen molar-refractivity contribution < 1.29 is 4.79 Å². The lowest BCUT2D eigenvalue weighted by Crippen LogP contribution is -2.52. The minimum atomic E-state index is -0.0929. The monoisotopic (exact) mass is 567 g/mol. The zero-order valence-corrected chi connectivity index (χ0v) is 24.2. The highest BCUT2D eigenvalue weighted by molar-refractivity contribution is 6.35. The molecule has 2 bridgehead atoms. The molecule has 0 aliphatic heterocycles. The number of hydrogen-bond donors (Lipinski definition) is 1. The van der Waals surface area contributed by atoms with Crippen LogP contribution in [0.4, 0.5) is 0 Å². The van der Waals surface area contributed by atoms with Gasteiger partial charge in [0.25, 0.3) is 5.91 Å². The van der Waals surface area contributed by atoms with Gasteiger partial charge in [0.2, 0.25) is 0 Å². The summed E-state index contributed by atoms with van der Waals surface area (Å²) in [6.45, 7) is 6.95. The van der Waals surface area contributed by atoms with Crippen LogP contribution >= 0.6 is 34.8 Å². The Morgan fingerprint density at radius 2 is 1.79 bits per heavy atom. The second kappa shape index (κ2) is 9.43. The Hall–Kier alpha value is -2.27. The van der Waals surface area contributed by atoms with Crippen LogP contribution in [0.5, 0.6) is 0 Å². The molecule has 4 nitrogen and oxygen atoms in total. The van der Waals surface area contributed by atoms with Crippen molar-refractivity contribution in [1.82, 2.24) is 15.1 Å². The second-order valence-electron chi connectivity index (χ2n) is 12.1. The molecule has 2 saturated carbocycles. The minimum absolute atomic E-state index is 0.0599. The molecule has 2 fully saturated rings. The van der Waals surface area contributed by atoms with Gasteiger partial charge in [0.15, 0.2) is 5.69 Å². The maximum Gasteiger partial charge on any atom is 0.272 e. The fourth-order valence-corrected chi connectivity index (χ4v) is 7.98. The molecule has 7 heteroatoms. The number of halogens is 3. The first-order valence-electron chi connectivity index (χ1n) is 13.4. The summed E-state index contributed by atoms with van der Waals surface area (Å²) in [4.78, 5) is 14.0. The Balaban J connectivity index is 1.46. The lowest BCUT2D eigenvalue weighted by atomic mass is 9.68. The van der Waals surface area contributed by atoms with Crippen molar-refractivity contribution in [3.63, 3.8) is 0 Å². The maximum atomic E-state index is 14.0. The lowest BCUT2D eigenvalue weighted by Gasteiger charge is -2.43. The van der Waals surface area contributed by atoms with Gasteiger partial charge in [-0.3, -0.25) is 4.79 Å². The Morgan fingerprint density at radius 3 is 2.47 bits per heavy atom. The molecule has 3 aliphatic carbocycles. The summed E-state index contributed by atoms with van der Waals surface area (Å²) in [5.41, 5.74) is 5.49. The third-order valence-electron chi connectivity index (χ3n) is 9.27. The maximum absolute atomic E-state index is 14.0. The number of aromatic nitrogens is 2. The highest BCUT2D eigenvalue weighted by Crippen LogP contribution is 2.62. The average molecular weight is 569 g/mol. The van der Waals surface area contributed by atoms with E-state index in [1.165, 1.54) is 12.8 Å². The van der Waals surface area contributed by atoms with Crippen LogP contribution in [-0.4, -0.2) is 21.7 Å². The smallest absolute Gasteiger partial charge is 0.272 e. The van der Waals surface area contributed by atoms with Gasteiger partial charge in [0.05, 0.1) is 16.4 Å². The highest BCUT2D eigenvalue weighted by atomic mass is 35.5. The van der Waals surface area contributed by atoms with Crippen LogP contribution in [0, 0.1) is 16.7 Å². The average Bonchev–Trinajstić information content (AvgIpc) is 3.51. The molecule has 6 rings (SSSR count). The van der Waals surface area contributed by atoms with E-state index in [1.54, 1.807) is 12.1 Å². The third-order valence-corrected chi connectivity index (χ3v) is 10.1. The molecule has 38 heavy (non-hydrogen) atoms. The number of allylic oxidation sites excluding steroid dienone is 1. The fraction of sp³-hybridized carbons (Fsp3) is 0.419. The van der Waals surface area contributed by atoms with Gasteiger partial charge in [0, 0.05) is 21.7 Å². The van der Waals surface area contributed by atoms with Crippen LogP contribution in [0.25, 0.3) is 17.3 Å². The quantitative estimate of drug-likeness (QED) is 0.342. The van der Waals surface area contributed by atoms with Crippen molar-refractivity contribution in [1.29, 1.82) is 0 Å². The number of hydrogen-bond acceptors (Lipinski definition) is 2. The molecule has 0 radical (unpaired) electrons. The third kappa shape index (κ3) is 4.29. The van der Waals surface area contributed by atoms with Crippen molar-refractivity contribution in [2.45, 2.75) is 65.3 Å². The molecule has 3 aromatic rings. The predicted molar refractivity (Wildman–Crippen MR) is 156 cm³/mol. The Morgan fingerprint density at radius 1 is 1.05 bits per heavy atom. The molecule has 1 amide bonds. The van der Waals surface area contributed by atoms with Crippen molar-refractivity contribution in [3.05, 3.63) is 80.0 Å². The van der Waals surface area contributed by atoms with E-state index in [0.29, 0.717) is 32.4 Å². The van der Waals surface area contributed by atoms with E-state index in [2.05, 4.69) is 32.2 Å². The summed E-state index contributed by atoms with van der Waals surface area (Å²) in [5.74, 6) is 0.552. The summed E-state index contributed by atoms with van der Waals surface area (Å²) < 4.78 is 1.84. The molecule has 0 saturated heterocycles. The molecular formula is C31H32Cl3N3O. The first-order valence-corrected chi connectivity index (χ1v) is 14.5. The van der Waals surface area contributed by atoms with Crippen molar-refractivity contribution >= 4 is 52.4 Å². The molecule has 1 aromatic heterocycles. The van der Waals surface area contributed by atoms with Gasteiger partial charge >= 0.3 is 0 Å². The van der Waals surface area contributed by atoms with E-state index >= 15 is 0 Å². The molecule has 2 aromatic carbocycles. The van der Waals surface area contributed by atoms with Crippen LogP contribution < -0.4 is 5.32 Å².